The molecule has 0 aromatic carbocycles. The second-order valence-corrected chi connectivity index (χ2v) is 8.15. The molecule has 2 unspecified atom stereocenters. The van der Waals surface area contributed by atoms with Gasteiger partial charge in [-0.15, -0.1) is 10.2 Å². The fourth-order valence-corrected chi connectivity index (χ4v) is 4.84. The fraction of sp³-hybridized carbons (Fsp3) is 0.846. The van der Waals surface area contributed by atoms with Crippen LogP contribution in [0, 0.1) is 5.41 Å². The lowest BCUT2D eigenvalue weighted by molar-refractivity contribution is 0.214. The Kier molecular flexibility index (Phi) is 5.04. The predicted octanol–water partition coefficient (Wildman–Crippen LogP) is 3.58. The van der Waals surface area contributed by atoms with Crippen molar-refractivity contribution in [3.05, 3.63) is 5.51 Å². The zero-order valence-corrected chi connectivity index (χ0v) is 13.1. The minimum atomic E-state index is 0.465. The molecule has 1 saturated carbocycles. The van der Waals surface area contributed by atoms with E-state index in [0.29, 0.717) is 16.7 Å². The zero-order chi connectivity index (χ0) is 13.0. The van der Waals surface area contributed by atoms with E-state index in [1.54, 1.807) is 11.3 Å². The largest absolute Gasteiger partial charge is 0.313 e. The summed E-state index contributed by atoms with van der Waals surface area (Å²) in [5.74, 6) is 0. The predicted molar refractivity (Wildman–Crippen MR) is 79.3 cm³/mol. The van der Waals surface area contributed by atoms with Crippen LogP contribution in [0.3, 0.4) is 0 Å². The Morgan fingerprint density at radius 2 is 2.39 bits per heavy atom. The molecule has 0 spiro atoms. The average Bonchev–Trinajstić information content (AvgIpc) is 2.80. The maximum Gasteiger partial charge on any atom is 0.174 e. The van der Waals surface area contributed by atoms with Crippen LogP contribution in [0.15, 0.2) is 9.85 Å². The first-order chi connectivity index (χ1) is 8.61. The molecule has 1 N–H and O–H groups in total. The van der Waals surface area contributed by atoms with Gasteiger partial charge in [0.25, 0.3) is 0 Å². The molecule has 3 nitrogen and oxygen atoms in total. The minimum Gasteiger partial charge on any atom is -0.313 e. The molecule has 2 rings (SSSR count). The van der Waals surface area contributed by atoms with Crippen LogP contribution in [0.4, 0.5) is 0 Å². The number of hydrogen-bond donors (Lipinski definition) is 1. The summed E-state index contributed by atoms with van der Waals surface area (Å²) < 4.78 is 1.11. The number of nitrogens with zero attached hydrogens (tertiary/aromatic N) is 2. The monoisotopic (exact) mass is 285 g/mol. The fourth-order valence-electron chi connectivity index (χ4n) is 2.55. The van der Waals surface area contributed by atoms with Crippen LogP contribution in [-0.2, 0) is 0 Å². The first-order valence-electron chi connectivity index (χ1n) is 6.77. The Labute approximate surface area is 118 Å². The summed E-state index contributed by atoms with van der Waals surface area (Å²) >= 11 is 3.57. The molecular weight excluding hydrogens is 262 g/mol. The standard InChI is InChI=1S/C13H23N3S2/c1-4-7-14-10-5-6-13(2,3)8-11(10)18-12-16-15-9-17-12/h9-11,14H,4-8H2,1-3H3. The quantitative estimate of drug-likeness (QED) is 0.897. The lowest BCUT2D eigenvalue weighted by Crippen LogP contribution is -2.45. The van der Waals surface area contributed by atoms with Crippen molar-refractivity contribution in [1.82, 2.24) is 15.5 Å². The Balaban J connectivity index is 1.99. The molecule has 0 saturated heterocycles. The van der Waals surface area contributed by atoms with Crippen molar-refractivity contribution in [2.24, 2.45) is 5.41 Å². The van der Waals surface area contributed by atoms with Crippen molar-refractivity contribution in [2.75, 3.05) is 6.54 Å². The Morgan fingerprint density at radius 3 is 3.06 bits per heavy atom. The van der Waals surface area contributed by atoms with Crippen LogP contribution in [0.5, 0.6) is 0 Å². The summed E-state index contributed by atoms with van der Waals surface area (Å²) in [5, 5.41) is 12.5. The van der Waals surface area contributed by atoms with E-state index < -0.39 is 0 Å². The maximum atomic E-state index is 4.18. The van der Waals surface area contributed by atoms with E-state index in [1.165, 1.54) is 25.7 Å². The van der Waals surface area contributed by atoms with E-state index in [2.05, 4.69) is 36.3 Å². The summed E-state index contributed by atoms with van der Waals surface area (Å²) in [6, 6.07) is 0.631. The molecule has 1 aromatic heterocycles. The number of hydrogen-bond acceptors (Lipinski definition) is 5. The molecule has 2 atom stereocenters. The molecule has 5 heteroatoms. The highest BCUT2D eigenvalue weighted by Gasteiger charge is 2.35. The van der Waals surface area contributed by atoms with Crippen molar-refractivity contribution in [1.29, 1.82) is 0 Å². The van der Waals surface area contributed by atoms with Gasteiger partial charge in [0.2, 0.25) is 0 Å². The van der Waals surface area contributed by atoms with Crippen molar-refractivity contribution >= 4 is 23.1 Å². The SMILES string of the molecule is CCCNC1CCC(C)(C)CC1Sc1nncs1. The van der Waals surface area contributed by atoms with Crippen molar-refractivity contribution in [2.45, 2.75) is 62.1 Å². The van der Waals surface area contributed by atoms with Gasteiger partial charge in [-0.1, -0.05) is 43.9 Å². The topological polar surface area (TPSA) is 37.8 Å². The summed E-state index contributed by atoms with van der Waals surface area (Å²) in [6.45, 7) is 8.12. The molecule has 1 aliphatic carbocycles. The average molecular weight is 285 g/mol. The van der Waals surface area contributed by atoms with Gasteiger partial charge in [0.15, 0.2) is 4.34 Å². The molecule has 0 bridgehead atoms. The van der Waals surface area contributed by atoms with Gasteiger partial charge >= 0.3 is 0 Å². The Hall–Kier alpha value is -0.130. The lowest BCUT2D eigenvalue weighted by atomic mass is 9.75. The summed E-state index contributed by atoms with van der Waals surface area (Å²) in [6.07, 6.45) is 5.07. The molecule has 1 fully saturated rings. The molecule has 0 radical (unpaired) electrons. The van der Waals surface area contributed by atoms with Crippen LogP contribution in [-0.4, -0.2) is 28.0 Å². The van der Waals surface area contributed by atoms with E-state index in [0.717, 1.165) is 10.9 Å². The van der Waals surface area contributed by atoms with E-state index in [4.69, 9.17) is 0 Å². The maximum absolute atomic E-state index is 4.18. The molecular formula is C13H23N3S2. The highest BCUT2D eigenvalue weighted by molar-refractivity contribution is 8.01. The number of thioether (sulfide) groups is 1. The molecule has 1 aromatic rings. The van der Waals surface area contributed by atoms with Crippen LogP contribution in [0.1, 0.15) is 46.5 Å². The summed E-state index contributed by atoms with van der Waals surface area (Å²) in [4.78, 5) is 0. The van der Waals surface area contributed by atoms with Gasteiger partial charge in [-0.3, -0.25) is 0 Å². The zero-order valence-electron chi connectivity index (χ0n) is 11.5. The van der Waals surface area contributed by atoms with Crippen molar-refractivity contribution < 1.29 is 0 Å². The second-order valence-electron chi connectivity index (χ2n) is 5.83. The van der Waals surface area contributed by atoms with E-state index in [-0.39, 0.29) is 0 Å². The molecule has 18 heavy (non-hydrogen) atoms. The van der Waals surface area contributed by atoms with E-state index in [1.807, 2.05) is 17.3 Å². The molecule has 1 aliphatic rings. The summed E-state index contributed by atoms with van der Waals surface area (Å²) in [7, 11) is 0. The molecule has 0 amide bonds. The number of aromatic nitrogens is 2. The van der Waals surface area contributed by atoms with Gasteiger partial charge in [0, 0.05) is 11.3 Å². The normalized spacial score (nSPS) is 27.3. The van der Waals surface area contributed by atoms with Gasteiger partial charge in [-0.05, 0) is 37.6 Å². The van der Waals surface area contributed by atoms with Crippen LogP contribution < -0.4 is 5.32 Å². The minimum absolute atomic E-state index is 0.465. The third-order valence-electron chi connectivity index (χ3n) is 3.58. The van der Waals surface area contributed by atoms with Gasteiger partial charge in [0.1, 0.15) is 5.51 Å². The highest BCUT2D eigenvalue weighted by Crippen LogP contribution is 2.42. The van der Waals surface area contributed by atoms with Crippen molar-refractivity contribution in [3.8, 4) is 0 Å². The van der Waals surface area contributed by atoms with E-state index in [9.17, 15) is 0 Å². The van der Waals surface area contributed by atoms with Gasteiger partial charge < -0.3 is 5.32 Å². The number of rotatable bonds is 5. The number of nitrogens with one attached hydrogen (secondary N) is 1. The van der Waals surface area contributed by atoms with Gasteiger partial charge in [-0.25, -0.2) is 0 Å². The Morgan fingerprint density at radius 1 is 1.56 bits per heavy atom. The van der Waals surface area contributed by atoms with Crippen molar-refractivity contribution in [3.63, 3.8) is 0 Å². The van der Waals surface area contributed by atoms with Crippen LogP contribution >= 0.6 is 23.1 Å². The summed E-state index contributed by atoms with van der Waals surface area (Å²) in [5.41, 5.74) is 2.29. The van der Waals surface area contributed by atoms with Gasteiger partial charge in [-0.2, -0.15) is 0 Å². The Bertz CT molecular complexity index is 351. The third-order valence-corrected chi connectivity index (χ3v) is 5.72. The first kappa shape index (κ1) is 14.3. The third kappa shape index (κ3) is 3.93. The van der Waals surface area contributed by atoms with E-state index >= 15 is 0 Å². The lowest BCUT2D eigenvalue weighted by Gasteiger charge is -2.40. The van der Waals surface area contributed by atoms with Gasteiger partial charge in [0.05, 0.1) is 0 Å². The molecule has 102 valence electrons. The highest BCUT2D eigenvalue weighted by atomic mass is 32.2. The first-order valence-corrected chi connectivity index (χ1v) is 8.53. The van der Waals surface area contributed by atoms with Crippen LogP contribution in [0.25, 0.3) is 0 Å². The molecule has 1 heterocycles. The molecule has 0 aliphatic heterocycles. The van der Waals surface area contributed by atoms with Crippen LogP contribution in [0.2, 0.25) is 0 Å². The smallest absolute Gasteiger partial charge is 0.174 e. The second kappa shape index (κ2) is 6.35.